The lowest BCUT2D eigenvalue weighted by Crippen LogP contribution is -2.28. The van der Waals surface area contributed by atoms with Gasteiger partial charge in [-0.1, -0.05) is 26.0 Å². The largest absolute Gasteiger partial charge is 0.369 e. The van der Waals surface area contributed by atoms with Gasteiger partial charge in [0.25, 0.3) is 0 Å². The van der Waals surface area contributed by atoms with Gasteiger partial charge >= 0.3 is 0 Å². The molecule has 2 heteroatoms. The van der Waals surface area contributed by atoms with Crippen LogP contribution in [0.4, 0.5) is 5.69 Å². The van der Waals surface area contributed by atoms with Gasteiger partial charge in [0, 0.05) is 24.8 Å². The van der Waals surface area contributed by atoms with E-state index in [0.29, 0.717) is 0 Å². The van der Waals surface area contributed by atoms with Crippen LogP contribution in [0.2, 0.25) is 0 Å². The Balaban J connectivity index is 1.94. The second-order valence-electron chi connectivity index (χ2n) is 5.24. The van der Waals surface area contributed by atoms with Crippen LogP contribution in [0.1, 0.15) is 45.1 Å². The predicted molar refractivity (Wildman–Crippen MR) is 79.1 cm³/mol. The molecule has 0 saturated carbocycles. The Bertz CT molecular complexity index is 345. The molecular weight excluding hydrogens is 220 g/mol. The molecule has 1 aromatic carbocycles. The van der Waals surface area contributed by atoms with E-state index in [1.807, 2.05) is 0 Å². The molecule has 1 unspecified atom stereocenters. The lowest BCUT2D eigenvalue weighted by molar-refractivity contribution is 0.645. The Labute approximate surface area is 111 Å². The van der Waals surface area contributed by atoms with Crippen LogP contribution < -0.4 is 10.2 Å². The van der Waals surface area contributed by atoms with Crippen LogP contribution in [-0.2, 0) is 6.54 Å². The van der Waals surface area contributed by atoms with Crippen molar-refractivity contribution in [1.82, 2.24) is 5.32 Å². The van der Waals surface area contributed by atoms with Crippen molar-refractivity contribution in [3.8, 4) is 0 Å². The van der Waals surface area contributed by atoms with Gasteiger partial charge in [0.15, 0.2) is 0 Å². The molecule has 1 fully saturated rings. The van der Waals surface area contributed by atoms with E-state index in [0.717, 1.165) is 19.1 Å². The number of nitrogens with one attached hydrogen (secondary N) is 1. The number of anilines is 1. The van der Waals surface area contributed by atoms with Gasteiger partial charge < -0.3 is 10.2 Å². The van der Waals surface area contributed by atoms with Crippen LogP contribution in [0.25, 0.3) is 0 Å². The summed E-state index contributed by atoms with van der Waals surface area (Å²) in [4.78, 5) is 2.57. The van der Waals surface area contributed by atoms with Crippen LogP contribution in [-0.4, -0.2) is 19.1 Å². The molecule has 0 radical (unpaired) electrons. The third-order valence-corrected chi connectivity index (χ3v) is 3.87. The standard InChI is InChI=1S/C16H26N2/c1-3-11-17-13-14-7-9-16(10-8-14)18-12-5-6-15(18)4-2/h7-10,15,17H,3-6,11-13H2,1-2H3. The van der Waals surface area contributed by atoms with Gasteiger partial charge in [-0.2, -0.15) is 0 Å². The Kier molecular flexibility index (Phi) is 5.06. The minimum atomic E-state index is 0.758. The second-order valence-corrected chi connectivity index (χ2v) is 5.24. The van der Waals surface area contributed by atoms with Crippen molar-refractivity contribution in [2.24, 2.45) is 0 Å². The van der Waals surface area contributed by atoms with E-state index in [1.165, 1.54) is 43.5 Å². The average Bonchev–Trinajstić information content (AvgIpc) is 2.88. The van der Waals surface area contributed by atoms with E-state index in [1.54, 1.807) is 0 Å². The Morgan fingerprint density at radius 1 is 1.22 bits per heavy atom. The van der Waals surface area contributed by atoms with Crippen LogP contribution >= 0.6 is 0 Å². The maximum absolute atomic E-state index is 3.45. The molecule has 18 heavy (non-hydrogen) atoms. The maximum Gasteiger partial charge on any atom is 0.0368 e. The van der Waals surface area contributed by atoms with E-state index in [9.17, 15) is 0 Å². The molecule has 0 amide bonds. The molecule has 2 rings (SSSR count). The predicted octanol–water partition coefficient (Wildman–Crippen LogP) is 3.57. The van der Waals surface area contributed by atoms with Gasteiger partial charge in [0.1, 0.15) is 0 Å². The summed E-state index contributed by atoms with van der Waals surface area (Å²) in [6, 6.07) is 9.87. The first-order valence-corrected chi connectivity index (χ1v) is 7.41. The van der Waals surface area contributed by atoms with Gasteiger partial charge in [-0.25, -0.2) is 0 Å². The van der Waals surface area contributed by atoms with E-state index < -0.39 is 0 Å². The summed E-state index contributed by atoms with van der Waals surface area (Å²) in [6.07, 6.45) is 5.17. The molecule has 100 valence electrons. The highest BCUT2D eigenvalue weighted by molar-refractivity contribution is 5.49. The van der Waals surface area contributed by atoms with Crippen molar-refractivity contribution in [3.05, 3.63) is 29.8 Å². The Morgan fingerprint density at radius 2 is 2.00 bits per heavy atom. The monoisotopic (exact) mass is 246 g/mol. The highest BCUT2D eigenvalue weighted by Crippen LogP contribution is 2.27. The van der Waals surface area contributed by atoms with Gasteiger partial charge in [-0.15, -0.1) is 0 Å². The average molecular weight is 246 g/mol. The van der Waals surface area contributed by atoms with Crippen LogP contribution in [0.3, 0.4) is 0 Å². The second kappa shape index (κ2) is 6.79. The third kappa shape index (κ3) is 3.26. The van der Waals surface area contributed by atoms with Gasteiger partial charge in [0.2, 0.25) is 0 Å². The van der Waals surface area contributed by atoms with E-state index in [-0.39, 0.29) is 0 Å². The topological polar surface area (TPSA) is 15.3 Å². The van der Waals surface area contributed by atoms with Crippen molar-refractivity contribution in [1.29, 1.82) is 0 Å². The number of hydrogen-bond donors (Lipinski definition) is 1. The summed E-state index contributed by atoms with van der Waals surface area (Å²) in [5, 5.41) is 3.45. The summed E-state index contributed by atoms with van der Waals surface area (Å²) >= 11 is 0. The normalized spacial score (nSPS) is 19.4. The van der Waals surface area contributed by atoms with E-state index in [2.05, 4.69) is 48.3 Å². The molecule has 1 heterocycles. The van der Waals surface area contributed by atoms with Crippen molar-refractivity contribution >= 4 is 5.69 Å². The molecule has 0 aromatic heterocycles. The first-order chi connectivity index (χ1) is 8.85. The molecule has 2 nitrogen and oxygen atoms in total. The zero-order chi connectivity index (χ0) is 12.8. The molecule has 1 atom stereocenters. The van der Waals surface area contributed by atoms with E-state index in [4.69, 9.17) is 0 Å². The Hall–Kier alpha value is -1.02. The smallest absolute Gasteiger partial charge is 0.0368 e. The van der Waals surface area contributed by atoms with E-state index >= 15 is 0 Å². The number of nitrogens with zero attached hydrogens (tertiary/aromatic N) is 1. The molecule has 0 bridgehead atoms. The maximum atomic E-state index is 3.45. The molecule has 1 saturated heterocycles. The number of rotatable bonds is 6. The fourth-order valence-electron chi connectivity index (χ4n) is 2.81. The minimum absolute atomic E-state index is 0.758. The lowest BCUT2D eigenvalue weighted by Gasteiger charge is -2.26. The van der Waals surface area contributed by atoms with Crippen molar-refractivity contribution in [2.45, 2.75) is 52.1 Å². The number of benzene rings is 1. The van der Waals surface area contributed by atoms with Crippen molar-refractivity contribution < 1.29 is 0 Å². The summed E-state index contributed by atoms with van der Waals surface area (Å²) < 4.78 is 0. The lowest BCUT2D eigenvalue weighted by atomic mass is 10.1. The zero-order valence-electron chi connectivity index (χ0n) is 11.8. The molecule has 1 aliphatic rings. The molecule has 0 spiro atoms. The molecule has 1 aromatic rings. The SMILES string of the molecule is CCCNCc1ccc(N2CCCC2CC)cc1. The fraction of sp³-hybridized carbons (Fsp3) is 0.625. The third-order valence-electron chi connectivity index (χ3n) is 3.87. The number of hydrogen-bond acceptors (Lipinski definition) is 2. The summed E-state index contributed by atoms with van der Waals surface area (Å²) in [6.45, 7) is 7.82. The van der Waals surface area contributed by atoms with Crippen LogP contribution in [0.15, 0.2) is 24.3 Å². The van der Waals surface area contributed by atoms with Crippen molar-refractivity contribution in [2.75, 3.05) is 18.0 Å². The van der Waals surface area contributed by atoms with Gasteiger partial charge in [0.05, 0.1) is 0 Å². The summed E-state index contributed by atoms with van der Waals surface area (Å²) in [7, 11) is 0. The quantitative estimate of drug-likeness (QED) is 0.772. The molecule has 1 N–H and O–H groups in total. The fourth-order valence-corrected chi connectivity index (χ4v) is 2.81. The molecule has 0 aliphatic carbocycles. The first kappa shape index (κ1) is 13.4. The van der Waals surface area contributed by atoms with Gasteiger partial charge in [-0.05, 0) is 49.9 Å². The first-order valence-electron chi connectivity index (χ1n) is 7.41. The molecular formula is C16H26N2. The van der Waals surface area contributed by atoms with Gasteiger partial charge in [-0.3, -0.25) is 0 Å². The Morgan fingerprint density at radius 3 is 2.67 bits per heavy atom. The highest BCUT2D eigenvalue weighted by atomic mass is 15.2. The zero-order valence-corrected chi connectivity index (χ0v) is 11.8. The van der Waals surface area contributed by atoms with Crippen LogP contribution in [0.5, 0.6) is 0 Å². The molecule has 1 aliphatic heterocycles. The summed E-state index contributed by atoms with van der Waals surface area (Å²) in [5.41, 5.74) is 2.79. The highest BCUT2D eigenvalue weighted by Gasteiger charge is 2.22. The minimum Gasteiger partial charge on any atom is -0.369 e. The van der Waals surface area contributed by atoms with Crippen LogP contribution in [0, 0.1) is 0 Å². The summed E-state index contributed by atoms with van der Waals surface area (Å²) in [5.74, 6) is 0. The van der Waals surface area contributed by atoms with Crippen molar-refractivity contribution in [3.63, 3.8) is 0 Å².